The van der Waals surface area contributed by atoms with Crippen LogP contribution >= 0.6 is 0 Å². The normalized spacial score (nSPS) is 10.8. The molecule has 0 aromatic carbocycles. The van der Waals surface area contributed by atoms with Crippen molar-refractivity contribution in [3.63, 3.8) is 0 Å². The van der Waals surface area contributed by atoms with Gasteiger partial charge >= 0.3 is 0 Å². The van der Waals surface area contributed by atoms with Crippen LogP contribution < -0.4 is 10.1 Å². The fraction of sp³-hybridized carbons (Fsp3) is 0.615. The van der Waals surface area contributed by atoms with Crippen molar-refractivity contribution >= 4 is 0 Å². The summed E-state index contributed by atoms with van der Waals surface area (Å²) in [5.74, 6) is 0.883. The first-order valence-electron chi connectivity index (χ1n) is 6.12. The molecule has 1 rings (SSSR count). The third-order valence-electron chi connectivity index (χ3n) is 2.22. The van der Waals surface area contributed by atoms with Crippen LogP contribution in [-0.4, -0.2) is 30.8 Å². The molecule has 1 aromatic rings. The van der Waals surface area contributed by atoms with Gasteiger partial charge in [-0.25, -0.2) is 0 Å². The van der Waals surface area contributed by atoms with Gasteiger partial charge in [0.25, 0.3) is 0 Å². The van der Waals surface area contributed by atoms with E-state index in [9.17, 15) is 0 Å². The van der Waals surface area contributed by atoms with Crippen molar-refractivity contribution in [2.75, 3.05) is 19.8 Å². The monoisotopic (exact) mass is 238 g/mol. The zero-order valence-corrected chi connectivity index (χ0v) is 10.9. The van der Waals surface area contributed by atoms with Crippen LogP contribution in [0, 0.1) is 0 Å². The van der Waals surface area contributed by atoms with Crippen molar-refractivity contribution < 1.29 is 9.47 Å². The predicted molar refractivity (Wildman–Crippen MR) is 68.2 cm³/mol. The molecule has 17 heavy (non-hydrogen) atoms. The van der Waals surface area contributed by atoms with Crippen molar-refractivity contribution in [1.29, 1.82) is 0 Å². The second-order valence-electron chi connectivity index (χ2n) is 4.03. The van der Waals surface area contributed by atoms with Crippen LogP contribution in [-0.2, 0) is 11.3 Å². The van der Waals surface area contributed by atoms with E-state index in [2.05, 4.69) is 17.2 Å². The lowest BCUT2D eigenvalue weighted by Gasteiger charge is -2.12. The summed E-state index contributed by atoms with van der Waals surface area (Å²) in [6, 6.07) is 1.89. The van der Waals surface area contributed by atoms with E-state index in [0.29, 0.717) is 13.2 Å². The molecule has 0 saturated carbocycles. The molecule has 1 N–H and O–H groups in total. The van der Waals surface area contributed by atoms with Gasteiger partial charge in [0.2, 0.25) is 0 Å². The fourth-order valence-electron chi connectivity index (χ4n) is 1.38. The van der Waals surface area contributed by atoms with Gasteiger partial charge in [-0.2, -0.15) is 0 Å². The van der Waals surface area contributed by atoms with Crippen LogP contribution in [0.3, 0.4) is 0 Å². The molecule has 96 valence electrons. The van der Waals surface area contributed by atoms with Crippen molar-refractivity contribution in [2.24, 2.45) is 0 Å². The molecule has 0 unspecified atom stereocenters. The number of nitrogens with one attached hydrogen (secondary N) is 1. The second-order valence-corrected chi connectivity index (χ2v) is 4.03. The largest absolute Gasteiger partial charge is 0.491 e. The fourth-order valence-corrected chi connectivity index (χ4v) is 1.38. The first kappa shape index (κ1) is 13.9. The van der Waals surface area contributed by atoms with Crippen molar-refractivity contribution in [3.8, 4) is 5.75 Å². The average Bonchev–Trinajstić information content (AvgIpc) is 2.33. The molecular formula is C13H22N2O2. The average molecular weight is 238 g/mol. The summed E-state index contributed by atoms with van der Waals surface area (Å²) in [5, 5.41) is 3.26. The van der Waals surface area contributed by atoms with Crippen LogP contribution in [0.5, 0.6) is 5.75 Å². The summed E-state index contributed by atoms with van der Waals surface area (Å²) in [7, 11) is 0. The maximum absolute atomic E-state index is 5.68. The standard InChI is InChI=1S/C13H22N2O2/c1-4-14-9-12-10-15-6-5-13(12)17-8-7-16-11(2)3/h5-6,10-11,14H,4,7-9H2,1-3H3. The zero-order chi connectivity index (χ0) is 12.5. The smallest absolute Gasteiger partial charge is 0.126 e. The number of ether oxygens (including phenoxy) is 2. The lowest BCUT2D eigenvalue weighted by Crippen LogP contribution is -2.15. The lowest BCUT2D eigenvalue weighted by molar-refractivity contribution is 0.0550. The molecule has 0 saturated heterocycles. The Labute approximate surface area is 103 Å². The number of aromatic nitrogens is 1. The summed E-state index contributed by atoms with van der Waals surface area (Å²) in [6.45, 7) is 9.01. The molecule has 0 aliphatic carbocycles. The molecule has 0 aliphatic rings. The quantitative estimate of drug-likeness (QED) is 0.703. The molecule has 1 aromatic heterocycles. The molecule has 0 atom stereocenters. The Hall–Kier alpha value is -1.13. The van der Waals surface area contributed by atoms with Crippen molar-refractivity contribution in [1.82, 2.24) is 10.3 Å². The molecule has 0 radical (unpaired) electrons. The second kappa shape index (κ2) is 8.03. The minimum absolute atomic E-state index is 0.247. The molecule has 0 fully saturated rings. The van der Waals surface area contributed by atoms with Gasteiger partial charge in [-0.15, -0.1) is 0 Å². The van der Waals surface area contributed by atoms with Crippen molar-refractivity contribution in [3.05, 3.63) is 24.0 Å². The van der Waals surface area contributed by atoms with Gasteiger partial charge in [0, 0.05) is 24.5 Å². The van der Waals surface area contributed by atoms with E-state index in [-0.39, 0.29) is 6.10 Å². The lowest BCUT2D eigenvalue weighted by atomic mass is 10.2. The Morgan fingerprint density at radius 2 is 2.18 bits per heavy atom. The molecule has 4 heteroatoms. The topological polar surface area (TPSA) is 43.4 Å². The van der Waals surface area contributed by atoms with Gasteiger partial charge < -0.3 is 14.8 Å². The van der Waals surface area contributed by atoms with Gasteiger partial charge in [-0.1, -0.05) is 6.92 Å². The summed E-state index contributed by atoms with van der Waals surface area (Å²) < 4.78 is 11.1. The third kappa shape index (κ3) is 5.65. The van der Waals surface area contributed by atoms with Gasteiger partial charge in [0.1, 0.15) is 12.4 Å². The first-order chi connectivity index (χ1) is 8.24. The van der Waals surface area contributed by atoms with Gasteiger partial charge in [0.15, 0.2) is 0 Å². The number of hydrogen-bond donors (Lipinski definition) is 1. The van der Waals surface area contributed by atoms with Gasteiger partial charge in [0.05, 0.1) is 12.7 Å². The van der Waals surface area contributed by atoms with E-state index >= 15 is 0 Å². The van der Waals surface area contributed by atoms with Crippen LogP contribution in [0.4, 0.5) is 0 Å². The summed E-state index contributed by atoms with van der Waals surface area (Å²) >= 11 is 0. The minimum atomic E-state index is 0.247. The number of pyridine rings is 1. The molecule has 4 nitrogen and oxygen atoms in total. The molecule has 0 bridgehead atoms. The maximum Gasteiger partial charge on any atom is 0.126 e. The van der Waals surface area contributed by atoms with Gasteiger partial charge in [-0.05, 0) is 26.5 Å². The molecular weight excluding hydrogens is 216 g/mol. The third-order valence-corrected chi connectivity index (χ3v) is 2.22. The van der Waals surface area contributed by atoms with E-state index in [4.69, 9.17) is 9.47 Å². The van der Waals surface area contributed by atoms with Crippen LogP contribution in [0.15, 0.2) is 18.5 Å². The highest BCUT2D eigenvalue weighted by atomic mass is 16.5. The first-order valence-corrected chi connectivity index (χ1v) is 6.12. The molecule has 1 heterocycles. The Kier molecular flexibility index (Phi) is 6.58. The number of hydrogen-bond acceptors (Lipinski definition) is 4. The number of rotatable bonds is 8. The Balaban J connectivity index is 2.40. The summed E-state index contributed by atoms with van der Waals surface area (Å²) in [5.41, 5.74) is 1.08. The minimum Gasteiger partial charge on any atom is -0.491 e. The molecule has 0 amide bonds. The predicted octanol–water partition coefficient (Wildman–Crippen LogP) is 1.99. The van der Waals surface area contributed by atoms with Crippen LogP contribution in [0.2, 0.25) is 0 Å². The Morgan fingerprint density at radius 1 is 1.35 bits per heavy atom. The van der Waals surface area contributed by atoms with Crippen LogP contribution in [0.25, 0.3) is 0 Å². The van der Waals surface area contributed by atoms with Crippen molar-refractivity contribution in [2.45, 2.75) is 33.4 Å². The summed E-state index contributed by atoms with van der Waals surface area (Å²) in [4.78, 5) is 4.10. The Bertz CT molecular complexity index is 316. The zero-order valence-electron chi connectivity index (χ0n) is 10.9. The highest BCUT2D eigenvalue weighted by Crippen LogP contribution is 2.16. The van der Waals surface area contributed by atoms with Crippen LogP contribution in [0.1, 0.15) is 26.3 Å². The Morgan fingerprint density at radius 3 is 2.88 bits per heavy atom. The van der Waals surface area contributed by atoms with E-state index in [1.165, 1.54) is 0 Å². The maximum atomic E-state index is 5.68. The van der Waals surface area contributed by atoms with E-state index in [0.717, 1.165) is 24.4 Å². The highest BCUT2D eigenvalue weighted by molar-refractivity contribution is 5.29. The molecule has 0 aliphatic heterocycles. The van der Waals surface area contributed by atoms with Gasteiger partial charge in [-0.3, -0.25) is 4.98 Å². The molecule has 0 spiro atoms. The highest BCUT2D eigenvalue weighted by Gasteiger charge is 2.03. The van der Waals surface area contributed by atoms with E-state index in [1.807, 2.05) is 26.1 Å². The van der Waals surface area contributed by atoms with E-state index < -0.39 is 0 Å². The van der Waals surface area contributed by atoms with E-state index in [1.54, 1.807) is 6.20 Å². The SMILES string of the molecule is CCNCc1cnccc1OCCOC(C)C. The number of nitrogens with zero attached hydrogens (tertiary/aromatic N) is 1. The summed E-state index contributed by atoms with van der Waals surface area (Å²) in [6.07, 6.45) is 3.83.